The van der Waals surface area contributed by atoms with Gasteiger partial charge in [-0.25, -0.2) is 37.3 Å². The Hall–Kier alpha value is -7.38. The number of para-hydroxylation sites is 4. The van der Waals surface area contributed by atoms with Gasteiger partial charge in [0.25, 0.3) is 11.6 Å². The second-order valence-electron chi connectivity index (χ2n) is 14.7. The van der Waals surface area contributed by atoms with Crippen molar-refractivity contribution in [1.29, 1.82) is 0 Å². The summed E-state index contributed by atoms with van der Waals surface area (Å²) < 4.78 is 76.6. The highest BCUT2D eigenvalue weighted by atomic mass is 35.7. The molecule has 0 saturated carbocycles. The molecule has 7 aromatic carbocycles. The third kappa shape index (κ3) is 12.5. The lowest BCUT2D eigenvalue weighted by molar-refractivity contribution is -2.00. The summed E-state index contributed by atoms with van der Waals surface area (Å²) in [6.45, 7) is 0. The van der Waals surface area contributed by atoms with Gasteiger partial charge in [-0.05, 0) is 107 Å². The third-order valence-electron chi connectivity index (χ3n) is 9.93. The second-order valence-corrected chi connectivity index (χ2v) is 16.2. The van der Waals surface area contributed by atoms with Gasteiger partial charge in [0, 0.05) is 19.8 Å². The van der Waals surface area contributed by atoms with Crippen molar-refractivity contribution in [2.75, 3.05) is 19.0 Å². The SMILES string of the molecule is CN(C)c1ccc(C=C(c2n[n+](-c3ccccc3)c(-c3ccccc3)n2-c2ccccc2)c2n[n+](-c3ccccc3)c(-c3ccccc3)n2-c2ccccc2)cc1.[O-][Cl+3]([O-])([O-])[O-].[O-][Cl+3]([O-])([O-])[O-]. The summed E-state index contributed by atoms with van der Waals surface area (Å²) in [6, 6.07) is 71.2. The van der Waals surface area contributed by atoms with E-state index in [1.54, 1.807) is 0 Å². The largest absolute Gasteiger partial charge is 0.378 e. The minimum atomic E-state index is -4.94. The van der Waals surface area contributed by atoms with Crippen molar-refractivity contribution in [1.82, 2.24) is 19.3 Å². The van der Waals surface area contributed by atoms with Crippen LogP contribution < -0.4 is 51.5 Å². The third-order valence-corrected chi connectivity index (χ3v) is 9.93. The zero-order valence-electron chi connectivity index (χ0n) is 35.9. The molecule has 0 aliphatic carbocycles. The Balaban J connectivity index is 0.000000605. The Morgan fingerprint density at radius 3 is 1.04 bits per heavy atom. The molecule has 0 amide bonds. The molecule has 9 aromatic rings. The van der Waals surface area contributed by atoms with Gasteiger partial charge in [-0.15, -0.1) is 20.5 Å². The zero-order chi connectivity index (χ0) is 47.6. The standard InChI is InChI=1S/C50H41N7.2ClHO4/c1-53(2)41-35-33-38(34-36-41)37-46(47-51-56(44-29-17-7-18-30-44)49(39-21-9-3-10-22-39)54(47)42-25-13-5-14-26-42)48-52-57(45-31-19-8-20-32-45)50(40-23-11-4-12-24-40)55(48)43-27-15-6-16-28-43;2*2-1(3,4)5/h3-37H,1-2H3;2*(H,2,3,4,5)/q+2;;/p-2. The summed E-state index contributed by atoms with van der Waals surface area (Å²) in [4.78, 5) is 2.11. The van der Waals surface area contributed by atoms with Crippen molar-refractivity contribution in [3.63, 3.8) is 0 Å². The Morgan fingerprint density at radius 1 is 0.433 bits per heavy atom. The highest BCUT2D eigenvalue weighted by molar-refractivity contribution is 5.89. The summed E-state index contributed by atoms with van der Waals surface area (Å²) in [5.74, 6) is 3.27. The van der Waals surface area contributed by atoms with E-state index in [2.05, 4.69) is 213 Å². The van der Waals surface area contributed by atoms with Crippen LogP contribution in [0.3, 0.4) is 0 Å². The van der Waals surface area contributed by atoms with Crippen LogP contribution in [0.2, 0.25) is 0 Å². The molecule has 0 aliphatic heterocycles. The molecule has 0 fully saturated rings. The lowest BCUT2D eigenvalue weighted by atomic mass is 10.1. The van der Waals surface area contributed by atoms with Crippen LogP contribution in [0.4, 0.5) is 5.69 Å². The fourth-order valence-electron chi connectivity index (χ4n) is 7.20. The van der Waals surface area contributed by atoms with Gasteiger partial charge in [0.1, 0.15) is 16.9 Å². The number of rotatable bonds is 10. The van der Waals surface area contributed by atoms with Crippen LogP contribution in [-0.4, -0.2) is 33.4 Å². The molecule has 338 valence electrons. The van der Waals surface area contributed by atoms with Gasteiger partial charge in [-0.1, -0.05) is 131 Å². The Kier molecular flexibility index (Phi) is 15.1. The van der Waals surface area contributed by atoms with Gasteiger partial charge in [0.15, 0.2) is 11.4 Å². The average Bonchev–Trinajstić information content (AvgIpc) is 3.92. The van der Waals surface area contributed by atoms with E-state index >= 15 is 0 Å². The summed E-state index contributed by atoms with van der Waals surface area (Å²) in [6.07, 6.45) is 2.22. The van der Waals surface area contributed by atoms with Crippen LogP contribution in [0, 0.1) is 20.5 Å². The van der Waals surface area contributed by atoms with Gasteiger partial charge in [-0.2, -0.15) is 9.13 Å². The summed E-state index contributed by atoms with van der Waals surface area (Å²) >= 11 is 0. The average molecular weight is 939 g/mol. The normalized spacial score (nSPS) is 11.1. The molecule has 2 heterocycles. The quantitative estimate of drug-likeness (QED) is 0.167. The van der Waals surface area contributed by atoms with Gasteiger partial charge < -0.3 is 4.90 Å². The molecular weight excluding hydrogens is 897 g/mol. The highest BCUT2D eigenvalue weighted by Crippen LogP contribution is 2.34. The van der Waals surface area contributed by atoms with E-state index in [-0.39, 0.29) is 0 Å². The van der Waals surface area contributed by atoms with Gasteiger partial charge in [-0.3, -0.25) is 0 Å². The molecule has 17 heteroatoms. The van der Waals surface area contributed by atoms with Crippen LogP contribution in [-0.2, 0) is 0 Å². The molecule has 0 radical (unpaired) electrons. The van der Waals surface area contributed by atoms with E-state index in [1.165, 1.54) is 0 Å². The topological polar surface area (TPSA) is 231 Å². The molecule has 0 N–H and O–H groups in total. The van der Waals surface area contributed by atoms with E-state index in [1.807, 2.05) is 36.4 Å². The lowest BCUT2D eigenvalue weighted by Crippen LogP contribution is -2.68. The summed E-state index contributed by atoms with van der Waals surface area (Å²) in [7, 11) is -5.77. The van der Waals surface area contributed by atoms with E-state index in [4.69, 9.17) is 47.5 Å². The maximum Gasteiger partial charge on any atom is 0.321 e. The molecule has 9 rings (SSSR count). The first kappa shape index (κ1) is 47.6. The Morgan fingerprint density at radius 2 is 0.731 bits per heavy atom. The van der Waals surface area contributed by atoms with E-state index in [0.717, 1.165) is 74.0 Å². The predicted molar refractivity (Wildman–Crippen MR) is 229 cm³/mol. The molecule has 0 saturated heterocycles. The van der Waals surface area contributed by atoms with E-state index < -0.39 is 20.5 Å². The number of halogens is 2. The van der Waals surface area contributed by atoms with Gasteiger partial charge in [0.2, 0.25) is 0 Å². The molecular formula is C50H41Cl2N7O8. The van der Waals surface area contributed by atoms with E-state index in [9.17, 15) is 0 Å². The minimum Gasteiger partial charge on any atom is -0.378 e. The lowest BCUT2D eigenvalue weighted by Gasteiger charge is -2.17. The number of benzene rings is 7. The van der Waals surface area contributed by atoms with Crippen LogP contribution in [0.1, 0.15) is 17.2 Å². The van der Waals surface area contributed by atoms with Gasteiger partial charge in [0.05, 0.1) is 11.1 Å². The van der Waals surface area contributed by atoms with Gasteiger partial charge >= 0.3 is 11.6 Å². The fraction of sp³-hybridized carbons (Fsp3) is 0.0400. The number of hydrogen-bond acceptors (Lipinski definition) is 11. The van der Waals surface area contributed by atoms with Crippen molar-refractivity contribution in [2.45, 2.75) is 0 Å². The molecule has 0 spiro atoms. The predicted octanol–water partition coefficient (Wildman–Crippen LogP) is 0.0883. The number of hydrogen-bond donors (Lipinski definition) is 0. The molecule has 0 bridgehead atoms. The van der Waals surface area contributed by atoms with Crippen molar-refractivity contribution in [2.24, 2.45) is 0 Å². The summed E-state index contributed by atoms with van der Waals surface area (Å²) in [5.41, 5.74) is 8.84. The monoisotopic (exact) mass is 937 g/mol. The maximum atomic E-state index is 8.49. The van der Waals surface area contributed by atoms with E-state index in [0.29, 0.717) is 0 Å². The molecule has 2 aromatic heterocycles. The van der Waals surface area contributed by atoms with Crippen LogP contribution in [0.5, 0.6) is 0 Å². The smallest absolute Gasteiger partial charge is 0.321 e. The van der Waals surface area contributed by atoms with Crippen LogP contribution in [0.15, 0.2) is 206 Å². The molecule has 0 unspecified atom stereocenters. The van der Waals surface area contributed by atoms with Crippen LogP contribution >= 0.6 is 0 Å². The molecule has 67 heavy (non-hydrogen) atoms. The number of nitrogens with zero attached hydrogens (tertiary/aromatic N) is 7. The summed E-state index contributed by atoms with van der Waals surface area (Å²) in [5, 5.41) is 11.2. The first-order chi connectivity index (χ1) is 32.1. The van der Waals surface area contributed by atoms with Crippen molar-refractivity contribution in [3.8, 4) is 45.5 Å². The van der Waals surface area contributed by atoms with Crippen molar-refractivity contribution in [3.05, 3.63) is 223 Å². The first-order valence-corrected chi connectivity index (χ1v) is 22.8. The zero-order valence-corrected chi connectivity index (χ0v) is 37.4. The fourth-order valence-corrected chi connectivity index (χ4v) is 7.20. The van der Waals surface area contributed by atoms with Crippen molar-refractivity contribution < 1.29 is 67.1 Å². The number of anilines is 1. The maximum absolute atomic E-state index is 8.49. The highest BCUT2D eigenvalue weighted by Gasteiger charge is 2.39. The van der Waals surface area contributed by atoms with Crippen LogP contribution in [0.25, 0.3) is 57.2 Å². The number of aromatic nitrogens is 6. The first-order valence-electron chi connectivity index (χ1n) is 20.3. The molecule has 0 aliphatic rings. The second kappa shape index (κ2) is 21.3. The molecule has 0 atom stereocenters. The Labute approximate surface area is 390 Å². The van der Waals surface area contributed by atoms with Crippen molar-refractivity contribution >= 4 is 17.3 Å². The Bertz CT molecular complexity index is 2810. The minimum absolute atomic E-state index is 0.725. The molecule has 15 nitrogen and oxygen atoms in total.